The van der Waals surface area contributed by atoms with E-state index in [1.807, 2.05) is 85.8 Å². The lowest BCUT2D eigenvalue weighted by Crippen LogP contribution is -2.51. The van der Waals surface area contributed by atoms with Gasteiger partial charge < -0.3 is 16.0 Å². The van der Waals surface area contributed by atoms with Crippen LogP contribution in [0.2, 0.25) is 0 Å². The molecular weight excluding hydrogens is 376 g/mol. The lowest BCUT2D eigenvalue weighted by molar-refractivity contribution is -0.122. The first-order valence-corrected chi connectivity index (χ1v) is 9.81. The van der Waals surface area contributed by atoms with Crippen molar-refractivity contribution in [2.24, 2.45) is 0 Å². The van der Waals surface area contributed by atoms with Crippen LogP contribution in [-0.2, 0) is 11.2 Å². The molecule has 3 N–H and O–H groups in total. The first-order valence-electron chi connectivity index (χ1n) is 9.81. The minimum atomic E-state index is -0.803. The molecule has 30 heavy (non-hydrogen) atoms. The van der Waals surface area contributed by atoms with Crippen molar-refractivity contribution in [2.45, 2.75) is 25.4 Å². The third kappa shape index (κ3) is 5.58. The van der Waals surface area contributed by atoms with E-state index in [9.17, 15) is 9.59 Å². The highest BCUT2D eigenvalue weighted by atomic mass is 16.2. The van der Waals surface area contributed by atoms with Gasteiger partial charge in [0.1, 0.15) is 12.6 Å². The second kappa shape index (κ2) is 10.1. The standard InChI is InChI=1S/C24H24N4O2/c1-17(19-7-3-2-4-8-19)27-24(30)28-22(23(29)26-14-13-25)16-18-11-12-20-9-5-6-10-21(20)15-18/h2-12,15,17,22H,14,16H2,1H3,(H,26,29)(H2,27,28,30)/t17-,22?/m0/s1. The summed E-state index contributed by atoms with van der Waals surface area (Å²) in [6.07, 6.45) is 0.315. The Morgan fingerprint density at radius 3 is 2.37 bits per heavy atom. The predicted octanol–water partition coefficient (Wildman–Crippen LogP) is 3.45. The Balaban J connectivity index is 1.71. The third-order valence-electron chi connectivity index (χ3n) is 4.86. The number of urea groups is 1. The first-order chi connectivity index (χ1) is 14.6. The highest BCUT2D eigenvalue weighted by Gasteiger charge is 2.22. The molecule has 3 aromatic rings. The van der Waals surface area contributed by atoms with Crippen LogP contribution in [-0.4, -0.2) is 24.5 Å². The minimum absolute atomic E-state index is 0.114. The van der Waals surface area contributed by atoms with Gasteiger partial charge in [0.05, 0.1) is 12.1 Å². The van der Waals surface area contributed by atoms with Crippen molar-refractivity contribution in [1.82, 2.24) is 16.0 Å². The average molecular weight is 400 g/mol. The van der Waals surface area contributed by atoms with Crippen LogP contribution in [0.1, 0.15) is 24.1 Å². The predicted molar refractivity (Wildman–Crippen MR) is 117 cm³/mol. The monoisotopic (exact) mass is 400 g/mol. The number of hydrogen-bond donors (Lipinski definition) is 3. The van der Waals surface area contributed by atoms with Gasteiger partial charge in [0, 0.05) is 6.42 Å². The maximum Gasteiger partial charge on any atom is 0.315 e. The summed E-state index contributed by atoms with van der Waals surface area (Å²) in [7, 11) is 0. The number of benzene rings is 3. The second-order valence-corrected chi connectivity index (χ2v) is 7.06. The van der Waals surface area contributed by atoms with Crippen molar-refractivity contribution in [1.29, 1.82) is 5.26 Å². The lowest BCUT2D eigenvalue weighted by atomic mass is 10.0. The number of rotatable bonds is 7. The summed E-state index contributed by atoms with van der Waals surface area (Å²) in [6.45, 7) is 1.76. The molecule has 152 valence electrons. The molecule has 6 heteroatoms. The molecule has 0 fully saturated rings. The molecule has 0 saturated carbocycles. The fraction of sp³-hybridized carbons (Fsp3) is 0.208. The lowest BCUT2D eigenvalue weighted by Gasteiger charge is -2.21. The Morgan fingerprint density at radius 2 is 1.63 bits per heavy atom. The van der Waals surface area contributed by atoms with Crippen molar-refractivity contribution in [3.05, 3.63) is 83.9 Å². The summed E-state index contributed by atoms with van der Waals surface area (Å²) in [4.78, 5) is 25.1. The number of amides is 3. The Morgan fingerprint density at radius 1 is 0.933 bits per heavy atom. The van der Waals surface area contributed by atoms with E-state index in [-0.39, 0.29) is 12.6 Å². The van der Waals surface area contributed by atoms with Gasteiger partial charge in [-0.25, -0.2) is 4.79 Å². The van der Waals surface area contributed by atoms with E-state index in [4.69, 9.17) is 5.26 Å². The number of nitriles is 1. The molecule has 0 heterocycles. The van der Waals surface area contributed by atoms with Crippen LogP contribution in [0, 0.1) is 11.3 Å². The van der Waals surface area contributed by atoms with Gasteiger partial charge in [0.2, 0.25) is 5.91 Å². The van der Waals surface area contributed by atoms with Gasteiger partial charge >= 0.3 is 6.03 Å². The van der Waals surface area contributed by atoms with Crippen molar-refractivity contribution in [3.8, 4) is 6.07 Å². The molecule has 0 aliphatic heterocycles. The second-order valence-electron chi connectivity index (χ2n) is 7.06. The summed E-state index contributed by atoms with van der Waals surface area (Å²) in [5, 5.41) is 19.1. The van der Waals surface area contributed by atoms with Crippen LogP contribution in [0.5, 0.6) is 0 Å². The molecule has 3 amide bonds. The van der Waals surface area contributed by atoms with Gasteiger partial charge in [0.25, 0.3) is 0 Å². The van der Waals surface area contributed by atoms with Crippen molar-refractivity contribution in [2.75, 3.05) is 6.54 Å². The van der Waals surface area contributed by atoms with Crippen molar-refractivity contribution in [3.63, 3.8) is 0 Å². The largest absolute Gasteiger partial charge is 0.341 e. The van der Waals surface area contributed by atoms with Gasteiger partial charge in [-0.2, -0.15) is 5.26 Å². The molecule has 0 saturated heterocycles. The van der Waals surface area contributed by atoms with Crippen molar-refractivity contribution >= 4 is 22.7 Å². The molecule has 6 nitrogen and oxygen atoms in total. The highest BCUT2D eigenvalue weighted by Crippen LogP contribution is 2.17. The summed E-state index contributed by atoms with van der Waals surface area (Å²) < 4.78 is 0. The van der Waals surface area contributed by atoms with E-state index in [0.29, 0.717) is 6.42 Å². The number of hydrogen-bond acceptors (Lipinski definition) is 3. The van der Waals surface area contributed by atoms with E-state index < -0.39 is 18.0 Å². The minimum Gasteiger partial charge on any atom is -0.341 e. The average Bonchev–Trinajstić information content (AvgIpc) is 2.77. The number of carbonyl (C=O) groups is 2. The van der Waals surface area contributed by atoms with Gasteiger partial charge in [-0.1, -0.05) is 72.8 Å². The first kappa shape index (κ1) is 20.9. The zero-order chi connectivity index (χ0) is 21.3. The molecule has 2 atom stereocenters. The van der Waals surface area contributed by atoms with Crippen LogP contribution in [0.25, 0.3) is 10.8 Å². The Hall–Kier alpha value is -3.85. The van der Waals surface area contributed by atoms with Crippen LogP contribution < -0.4 is 16.0 Å². The molecular formula is C24H24N4O2. The fourth-order valence-corrected chi connectivity index (χ4v) is 3.28. The molecule has 0 aliphatic carbocycles. The van der Waals surface area contributed by atoms with Crippen LogP contribution in [0.3, 0.4) is 0 Å². The molecule has 3 rings (SSSR count). The normalized spacial score (nSPS) is 12.4. The van der Waals surface area contributed by atoms with Gasteiger partial charge in [-0.05, 0) is 28.8 Å². The summed E-state index contributed by atoms with van der Waals surface area (Å²) >= 11 is 0. The van der Waals surface area contributed by atoms with Crippen LogP contribution in [0.15, 0.2) is 72.8 Å². The van der Waals surface area contributed by atoms with E-state index in [1.54, 1.807) is 0 Å². The van der Waals surface area contributed by atoms with Crippen LogP contribution in [0.4, 0.5) is 4.79 Å². The smallest absolute Gasteiger partial charge is 0.315 e. The van der Waals surface area contributed by atoms with E-state index in [0.717, 1.165) is 21.9 Å². The maximum absolute atomic E-state index is 12.6. The Kier molecular flexibility index (Phi) is 7.01. The summed E-state index contributed by atoms with van der Waals surface area (Å²) in [5.74, 6) is -0.396. The topological polar surface area (TPSA) is 94.0 Å². The number of nitrogens with zero attached hydrogens (tertiary/aromatic N) is 1. The number of nitrogens with one attached hydrogen (secondary N) is 3. The molecule has 0 spiro atoms. The van der Waals surface area contributed by atoms with Gasteiger partial charge in [-0.15, -0.1) is 0 Å². The zero-order valence-corrected chi connectivity index (χ0v) is 16.8. The van der Waals surface area contributed by atoms with E-state index >= 15 is 0 Å². The fourth-order valence-electron chi connectivity index (χ4n) is 3.28. The summed E-state index contributed by atoms with van der Waals surface area (Å²) in [6, 6.07) is 23.9. The Labute approximate surface area is 175 Å². The molecule has 0 aromatic heterocycles. The van der Waals surface area contributed by atoms with Crippen molar-refractivity contribution < 1.29 is 9.59 Å². The summed E-state index contributed by atoms with van der Waals surface area (Å²) in [5.41, 5.74) is 1.88. The maximum atomic E-state index is 12.6. The molecule has 0 radical (unpaired) electrons. The van der Waals surface area contributed by atoms with E-state index in [2.05, 4.69) is 16.0 Å². The number of carbonyl (C=O) groups excluding carboxylic acids is 2. The Bertz CT molecular complexity index is 1060. The quantitative estimate of drug-likeness (QED) is 0.530. The highest BCUT2D eigenvalue weighted by molar-refractivity contribution is 5.88. The van der Waals surface area contributed by atoms with Gasteiger partial charge in [-0.3, -0.25) is 4.79 Å². The third-order valence-corrected chi connectivity index (χ3v) is 4.86. The SMILES string of the molecule is C[C@H](NC(=O)NC(Cc1ccc2ccccc2c1)C(=O)NCC#N)c1ccccc1. The zero-order valence-electron chi connectivity index (χ0n) is 16.8. The number of fused-ring (bicyclic) bond motifs is 1. The van der Waals surface area contributed by atoms with Gasteiger partial charge in [0.15, 0.2) is 0 Å². The molecule has 0 bridgehead atoms. The molecule has 0 aliphatic rings. The van der Waals surface area contributed by atoms with Crippen LogP contribution >= 0.6 is 0 Å². The van der Waals surface area contributed by atoms with E-state index in [1.165, 1.54) is 0 Å². The molecule has 1 unspecified atom stereocenters. The molecule has 3 aromatic carbocycles.